The average molecular weight is 263 g/mol. The van der Waals surface area contributed by atoms with Crippen molar-refractivity contribution in [2.45, 2.75) is 46.7 Å². The highest BCUT2D eigenvalue weighted by Gasteiger charge is 2.10. The summed E-state index contributed by atoms with van der Waals surface area (Å²) in [7, 11) is 0. The standard InChI is InChI=1S/C13H21N5O/c1-4-12-15-13(5-2)18(16-12)9-11-7-10(17-19-11)8-14-6-3/h7,14H,4-6,8-9H2,1-3H3. The van der Waals surface area contributed by atoms with E-state index >= 15 is 0 Å². The van der Waals surface area contributed by atoms with Crippen LogP contribution in [0, 0.1) is 0 Å². The van der Waals surface area contributed by atoms with E-state index in [9.17, 15) is 0 Å². The van der Waals surface area contributed by atoms with Crippen LogP contribution in [-0.4, -0.2) is 26.5 Å². The molecular formula is C13H21N5O. The summed E-state index contributed by atoms with van der Waals surface area (Å²) in [6.07, 6.45) is 1.72. The van der Waals surface area contributed by atoms with E-state index in [2.05, 4.69) is 41.3 Å². The van der Waals surface area contributed by atoms with Crippen molar-refractivity contribution >= 4 is 0 Å². The van der Waals surface area contributed by atoms with Gasteiger partial charge in [0.1, 0.15) is 12.4 Å². The van der Waals surface area contributed by atoms with E-state index in [-0.39, 0.29) is 0 Å². The van der Waals surface area contributed by atoms with Crippen LogP contribution in [-0.2, 0) is 25.9 Å². The van der Waals surface area contributed by atoms with Gasteiger partial charge in [0.05, 0.1) is 5.69 Å². The number of nitrogens with one attached hydrogen (secondary N) is 1. The Kier molecular flexibility index (Phi) is 4.68. The molecule has 0 saturated carbocycles. The van der Waals surface area contributed by atoms with Crippen molar-refractivity contribution in [1.29, 1.82) is 0 Å². The van der Waals surface area contributed by atoms with E-state index in [0.717, 1.165) is 49.0 Å². The minimum Gasteiger partial charge on any atom is -0.359 e. The fourth-order valence-corrected chi connectivity index (χ4v) is 1.88. The molecule has 0 unspecified atom stereocenters. The molecule has 0 atom stereocenters. The van der Waals surface area contributed by atoms with Crippen LogP contribution in [0.25, 0.3) is 0 Å². The molecule has 6 nitrogen and oxygen atoms in total. The van der Waals surface area contributed by atoms with E-state index in [1.165, 1.54) is 0 Å². The van der Waals surface area contributed by atoms with E-state index in [0.29, 0.717) is 6.54 Å². The second-order valence-electron chi connectivity index (χ2n) is 4.37. The Labute approximate surface area is 113 Å². The molecule has 104 valence electrons. The molecular weight excluding hydrogens is 242 g/mol. The minimum absolute atomic E-state index is 0.593. The zero-order valence-electron chi connectivity index (χ0n) is 11.8. The SMILES string of the molecule is CCNCc1cc(Cn2nc(CC)nc2CC)on1. The average Bonchev–Trinajstić information content (AvgIpc) is 3.03. The Morgan fingerprint density at radius 3 is 2.79 bits per heavy atom. The van der Waals surface area contributed by atoms with Crippen molar-refractivity contribution < 1.29 is 4.52 Å². The number of aromatic nitrogens is 4. The second kappa shape index (κ2) is 6.47. The summed E-state index contributed by atoms with van der Waals surface area (Å²) in [5.74, 6) is 2.68. The maximum Gasteiger partial charge on any atom is 0.158 e. The number of hydrogen-bond acceptors (Lipinski definition) is 5. The molecule has 1 N–H and O–H groups in total. The third-order valence-corrected chi connectivity index (χ3v) is 2.89. The molecule has 2 rings (SSSR count). The lowest BCUT2D eigenvalue weighted by molar-refractivity contribution is 0.362. The van der Waals surface area contributed by atoms with Crippen LogP contribution in [0.4, 0.5) is 0 Å². The molecule has 2 aromatic rings. The maximum absolute atomic E-state index is 5.33. The molecule has 2 aromatic heterocycles. The van der Waals surface area contributed by atoms with Gasteiger partial charge in [0, 0.05) is 25.5 Å². The molecule has 6 heteroatoms. The Bertz CT molecular complexity index is 517. The fraction of sp³-hybridized carbons (Fsp3) is 0.615. The highest BCUT2D eigenvalue weighted by molar-refractivity contribution is 5.06. The smallest absolute Gasteiger partial charge is 0.158 e. The van der Waals surface area contributed by atoms with Crippen LogP contribution < -0.4 is 5.32 Å². The summed E-state index contributed by atoms with van der Waals surface area (Å²) in [4.78, 5) is 4.48. The van der Waals surface area contributed by atoms with Gasteiger partial charge < -0.3 is 9.84 Å². The van der Waals surface area contributed by atoms with Gasteiger partial charge in [0.2, 0.25) is 0 Å². The number of hydrogen-bond donors (Lipinski definition) is 1. The molecule has 0 aliphatic rings. The lowest BCUT2D eigenvalue weighted by Crippen LogP contribution is -2.11. The summed E-state index contributed by atoms with van der Waals surface area (Å²) < 4.78 is 7.23. The zero-order chi connectivity index (χ0) is 13.7. The molecule has 0 amide bonds. The largest absolute Gasteiger partial charge is 0.359 e. The van der Waals surface area contributed by atoms with Crippen LogP contribution in [0.1, 0.15) is 43.9 Å². The van der Waals surface area contributed by atoms with Crippen molar-refractivity contribution in [2.24, 2.45) is 0 Å². The number of nitrogens with zero attached hydrogens (tertiary/aromatic N) is 4. The van der Waals surface area contributed by atoms with Crippen molar-refractivity contribution in [1.82, 2.24) is 25.2 Å². The van der Waals surface area contributed by atoms with Gasteiger partial charge in [-0.25, -0.2) is 9.67 Å². The molecule has 2 heterocycles. The maximum atomic E-state index is 5.33. The molecule has 0 bridgehead atoms. The van der Waals surface area contributed by atoms with Crippen LogP contribution in [0.5, 0.6) is 0 Å². The molecule has 0 fully saturated rings. The first kappa shape index (κ1) is 13.7. The first-order valence-corrected chi connectivity index (χ1v) is 6.84. The molecule has 0 aliphatic heterocycles. The van der Waals surface area contributed by atoms with Crippen LogP contribution >= 0.6 is 0 Å². The van der Waals surface area contributed by atoms with Gasteiger partial charge in [0.25, 0.3) is 0 Å². The van der Waals surface area contributed by atoms with Crippen LogP contribution in [0.3, 0.4) is 0 Å². The van der Waals surface area contributed by atoms with Gasteiger partial charge in [-0.15, -0.1) is 0 Å². The molecule has 0 aromatic carbocycles. The summed E-state index contributed by atoms with van der Waals surface area (Å²) in [6, 6.07) is 1.97. The van der Waals surface area contributed by atoms with Gasteiger partial charge in [0.15, 0.2) is 11.6 Å². The summed E-state index contributed by atoms with van der Waals surface area (Å²) in [5, 5.41) is 11.7. The monoisotopic (exact) mass is 263 g/mol. The lowest BCUT2D eigenvalue weighted by atomic mass is 10.3. The Balaban J connectivity index is 2.07. The molecule has 19 heavy (non-hydrogen) atoms. The van der Waals surface area contributed by atoms with E-state index < -0.39 is 0 Å². The summed E-state index contributed by atoms with van der Waals surface area (Å²) in [5.41, 5.74) is 0.922. The quantitative estimate of drug-likeness (QED) is 0.820. The van der Waals surface area contributed by atoms with E-state index in [4.69, 9.17) is 4.52 Å². The Morgan fingerprint density at radius 1 is 1.26 bits per heavy atom. The van der Waals surface area contributed by atoms with Crippen molar-refractivity contribution in [2.75, 3.05) is 6.54 Å². The van der Waals surface area contributed by atoms with Crippen molar-refractivity contribution in [3.63, 3.8) is 0 Å². The minimum atomic E-state index is 0.593. The van der Waals surface area contributed by atoms with Gasteiger partial charge in [-0.05, 0) is 6.54 Å². The predicted molar refractivity (Wildman–Crippen MR) is 71.8 cm³/mol. The molecule has 0 aliphatic carbocycles. The summed E-state index contributed by atoms with van der Waals surface area (Å²) >= 11 is 0. The second-order valence-corrected chi connectivity index (χ2v) is 4.37. The predicted octanol–water partition coefficient (Wildman–Crippen LogP) is 1.55. The lowest BCUT2D eigenvalue weighted by Gasteiger charge is -2.00. The van der Waals surface area contributed by atoms with Gasteiger partial charge in [-0.2, -0.15) is 5.10 Å². The van der Waals surface area contributed by atoms with Crippen LogP contribution in [0.2, 0.25) is 0 Å². The first-order valence-electron chi connectivity index (χ1n) is 6.84. The third-order valence-electron chi connectivity index (χ3n) is 2.89. The van der Waals surface area contributed by atoms with Crippen LogP contribution in [0.15, 0.2) is 10.6 Å². The Hall–Kier alpha value is -1.69. The topological polar surface area (TPSA) is 68.8 Å². The first-order chi connectivity index (χ1) is 9.26. The molecule has 0 radical (unpaired) electrons. The highest BCUT2D eigenvalue weighted by Crippen LogP contribution is 2.08. The molecule has 0 spiro atoms. The van der Waals surface area contributed by atoms with E-state index in [1.807, 2.05) is 10.7 Å². The van der Waals surface area contributed by atoms with Crippen molar-refractivity contribution in [3.05, 3.63) is 29.2 Å². The number of rotatable bonds is 7. The van der Waals surface area contributed by atoms with Gasteiger partial charge in [-0.3, -0.25) is 0 Å². The zero-order valence-corrected chi connectivity index (χ0v) is 11.8. The Morgan fingerprint density at radius 2 is 2.11 bits per heavy atom. The highest BCUT2D eigenvalue weighted by atomic mass is 16.5. The normalized spacial score (nSPS) is 11.1. The number of aryl methyl sites for hydroxylation is 2. The molecule has 0 saturated heterocycles. The summed E-state index contributed by atoms with van der Waals surface area (Å²) in [6.45, 7) is 8.45. The van der Waals surface area contributed by atoms with Gasteiger partial charge >= 0.3 is 0 Å². The van der Waals surface area contributed by atoms with Gasteiger partial charge in [-0.1, -0.05) is 25.9 Å². The van der Waals surface area contributed by atoms with E-state index in [1.54, 1.807) is 0 Å². The fourth-order valence-electron chi connectivity index (χ4n) is 1.88. The third kappa shape index (κ3) is 3.41. The van der Waals surface area contributed by atoms with Crippen molar-refractivity contribution in [3.8, 4) is 0 Å².